The van der Waals surface area contributed by atoms with E-state index in [9.17, 15) is 13.2 Å². The molecule has 23 heavy (non-hydrogen) atoms. The molecule has 2 rings (SSSR count). The molecule has 5 nitrogen and oxygen atoms in total. The van der Waals surface area contributed by atoms with Crippen molar-refractivity contribution in [2.24, 2.45) is 0 Å². The second kappa shape index (κ2) is 7.88. The van der Waals surface area contributed by atoms with Crippen molar-refractivity contribution < 1.29 is 13.2 Å². The summed E-state index contributed by atoms with van der Waals surface area (Å²) in [6.45, 7) is 0. The summed E-state index contributed by atoms with van der Waals surface area (Å²) in [5.41, 5.74) is 0.326. The predicted octanol–water partition coefficient (Wildman–Crippen LogP) is 3.20. The van der Waals surface area contributed by atoms with Crippen LogP contribution in [0.3, 0.4) is 0 Å². The van der Waals surface area contributed by atoms with Crippen LogP contribution < -0.4 is 5.32 Å². The molecule has 1 N–H and O–H groups in total. The highest BCUT2D eigenvalue weighted by atomic mass is 35.5. The second-order valence-corrected chi connectivity index (χ2v) is 9.54. The minimum atomic E-state index is -3.56. The molecule has 1 saturated carbocycles. The second-order valence-electron chi connectivity index (χ2n) is 5.69. The van der Waals surface area contributed by atoms with E-state index in [2.05, 4.69) is 5.32 Å². The Balaban J connectivity index is 2.05. The van der Waals surface area contributed by atoms with Gasteiger partial charge in [-0.1, -0.05) is 24.4 Å². The molecule has 1 aromatic carbocycles. The Hall–Kier alpha value is -0.760. The number of hydrogen-bond donors (Lipinski definition) is 1. The third kappa shape index (κ3) is 4.86. The number of thioether (sulfide) groups is 1. The van der Waals surface area contributed by atoms with Crippen molar-refractivity contribution in [3.05, 3.63) is 23.2 Å². The van der Waals surface area contributed by atoms with E-state index in [1.165, 1.54) is 45.1 Å². The Morgan fingerprint density at radius 2 is 2.00 bits per heavy atom. The summed E-state index contributed by atoms with van der Waals surface area (Å²) in [4.78, 5) is 12.2. The maximum atomic E-state index is 12.1. The van der Waals surface area contributed by atoms with Gasteiger partial charge in [-0.05, 0) is 31.0 Å². The van der Waals surface area contributed by atoms with Gasteiger partial charge in [-0.2, -0.15) is 0 Å². The lowest BCUT2D eigenvalue weighted by molar-refractivity contribution is -0.113. The normalized spacial score (nSPS) is 16.0. The van der Waals surface area contributed by atoms with Crippen molar-refractivity contribution in [1.82, 2.24) is 4.31 Å². The zero-order valence-electron chi connectivity index (χ0n) is 13.2. The minimum absolute atomic E-state index is 0.102. The van der Waals surface area contributed by atoms with E-state index in [4.69, 9.17) is 11.6 Å². The fraction of sp³-hybridized carbons (Fsp3) is 0.533. The molecule has 1 aliphatic rings. The molecule has 0 radical (unpaired) electrons. The molecule has 0 atom stereocenters. The first-order chi connectivity index (χ1) is 10.8. The molecular formula is C15H21ClN2O3S2. The number of hydrogen-bond acceptors (Lipinski definition) is 4. The minimum Gasteiger partial charge on any atom is -0.324 e. The van der Waals surface area contributed by atoms with Gasteiger partial charge in [0.25, 0.3) is 0 Å². The largest absolute Gasteiger partial charge is 0.324 e. The molecule has 8 heteroatoms. The molecule has 0 bridgehead atoms. The van der Waals surface area contributed by atoms with E-state index in [1.54, 1.807) is 11.8 Å². The molecule has 1 fully saturated rings. The number of anilines is 1. The average molecular weight is 377 g/mol. The van der Waals surface area contributed by atoms with Gasteiger partial charge in [-0.25, -0.2) is 12.7 Å². The highest BCUT2D eigenvalue weighted by Crippen LogP contribution is 2.30. The van der Waals surface area contributed by atoms with Gasteiger partial charge >= 0.3 is 0 Å². The van der Waals surface area contributed by atoms with Crippen LogP contribution in [0.5, 0.6) is 0 Å². The summed E-state index contributed by atoms with van der Waals surface area (Å²) in [5.74, 6) is 0.189. The Labute approximate surface area is 146 Å². The Kier molecular flexibility index (Phi) is 6.36. The quantitative estimate of drug-likeness (QED) is 0.827. The molecule has 1 amide bonds. The fourth-order valence-electron chi connectivity index (χ4n) is 2.41. The third-order valence-corrected chi connectivity index (χ3v) is 7.26. The van der Waals surface area contributed by atoms with Gasteiger partial charge in [0.2, 0.25) is 15.9 Å². The lowest BCUT2D eigenvalue weighted by atomic mass is 10.3. The molecule has 0 unspecified atom stereocenters. The number of nitrogens with zero attached hydrogens (tertiary/aromatic N) is 1. The van der Waals surface area contributed by atoms with Gasteiger partial charge in [0, 0.05) is 19.3 Å². The summed E-state index contributed by atoms with van der Waals surface area (Å²) in [6, 6.07) is 4.31. The van der Waals surface area contributed by atoms with Crippen LogP contribution in [-0.2, 0) is 14.8 Å². The SMILES string of the molecule is CN(C)S(=O)(=O)c1ccc(Cl)c(NC(=O)CSC2CCCC2)c1. The number of nitrogens with one attached hydrogen (secondary N) is 1. The monoisotopic (exact) mass is 376 g/mol. The van der Waals surface area contributed by atoms with Crippen molar-refractivity contribution >= 4 is 45.0 Å². The molecule has 1 aliphatic carbocycles. The van der Waals surface area contributed by atoms with Crippen LogP contribution in [0.25, 0.3) is 0 Å². The summed E-state index contributed by atoms with van der Waals surface area (Å²) in [7, 11) is -0.642. The highest BCUT2D eigenvalue weighted by Gasteiger charge is 2.20. The van der Waals surface area contributed by atoms with E-state index in [0.717, 1.165) is 17.1 Å². The highest BCUT2D eigenvalue weighted by molar-refractivity contribution is 8.00. The summed E-state index contributed by atoms with van der Waals surface area (Å²) >= 11 is 7.72. The lowest BCUT2D eigenvalue weighted by Gasteiger charge is -2.14. The van der Waals surface area contributed by atoms with Gasteiger partial charge in [-0.3, -0.25) is 4.79 Å². The van der Waals surface area contributed by atoms with E-state index >= 15 is 0 Å². The summed E-state index contributed by atoms with van der Waals surface area (Å²) in [6.07, 6.45) is 4.79. The first-order valence-electron chi connectivity index (χ1n) is 7.44. The van der Waals surface area contributed by atoms with Crippen molar-refractivity contribution in [3.8, 4) is 0 Å². The Morgan fingerprint density at radius 3 is 2.61 bits per heavy atom. The number of rotatable bonds is 6. The number of sulfonamides is 1. The molecular weight excluding hydrogens is 356 g/mol. The van der Waals surface area contributed by atoms with Crippen LogP contribution in [0.1, 0.15) is 25.7 Å². The van der Waals surface area contributed by atoms with Crippen LogP contribution in [0.15, 0.2) is 23.1 Å². The van der Waals surface area contributed by atoms with Crippen molar-refractivity contribution in [2.45, 2.75) is 35.8 Å². The number of halogens is 1. The van der Waals surface area contributed by atoms with Gasteiger partial charge in [0.15, 0.2) is 0 Å². The smallest absolute Gasteiger partial charge is 0.242 e. The Bertz CT molecular complexity index is 671. The van der Waals surface area contributed by atoms with Crippen LogP contribution >= 0.6 is 23.4 Å². The first-order valence-corrected chi connectivity index (χ1v) is 10.3. The van der Waals surface area contributed by atoms with Gasteiger partial charge < -0.3 is 5.32 Å². The molecule has 0 saturated heterocycles. The van der Waals surface area contributed by atoms with Gasteiger partial charge in [0.05, 0.1) is 21.4 Å². The number of carbonyl (C=O) groups excluding carboxylic acids is 1. The van der Waals surface area contributed by atoms with Crippen molar-refractivity contribution in [2.75, 3.05) is 25.2 Å². The van der Waals surface area contributed by atoms with Gasteiger partial charge in [-0.15, -0.1) is 11.8 Å². The van der Waals surface area contributed by atoms with Crippen molar-refractivity contribution in [1.29, 1.82) is 0 Å². The van der Waals surface area contributed by atoms with Crippen LogP contribution in [-0.4, -0.2) is 43.7 Å². The third-order valence-electron chi connectivity index (χ3n) is 3.74. The zero-order chi connectivity index (χ0) is 17.0. The summed E-state index contributed by atoms with van der Waals surface area (Å²) in [5, 5.41) is 3.58. The van der Waals surface area contributed by atoms with E-state index < -0.39 is 10.0 Å². The topological polar surface area (TPSA) is 66.5 Å². The first kappa shape index (κ1) is 18.6. The fourth-order valence-corrected chi connectivity index (χ4v) is 4.63. The van der Waals surface area contributed by atoms with Crippen LogP contribution in [0, 0.1) is 0 Å². The number of benzene rings is 1. The molecule has 0 aromatic heterocycles. The summed E-state index contributed by atoms with van der Waals surface area (Å²) < 4.78 is 25.4. The van der Waals surface area contributed by atoms with Gasteiger partial charge in [0.1, 0.15) is 0 Å². The Morgan fingerprint density at radius 1 is 1.35 bits per heavy atom. The maximum absolute atomic E-state index is 12.1. The standard InChI is InChI=1S/C15H21ClN2O3S2/c1-18(2)23(20,21)12-7-8-13(16)14(9-12)17-15(19)10-22-11-5-3-4-6-11/h7-9,11H,3-6,10H2,1-2H3,(H,17,19). The molecule has 0 aliphatic heterocycles. The maximum Gasteiger partial charge on any atom is 0.242 e. The van der Waals surface area contributed by atoms with Crippen LogP contribution in [0.2, 0.25) is 5.02 Å². The van der Waals surface area contributed by atoms with E-state index in [-0.39, 0.29) is 10.8 Å². The molecule has 128 valence electrons. The lowest BCUT2D eigenvalue weighted by Crippen LogP contribution is -2.22. The van der Waals surface area contributed by atoms with E-state index in [1.807, 2.05) is 0 Å². The molecule has 1 aromatic rings. The average Bonchev–Trinajstić information content (AvgIpc) is 3.00. The van der Waals surface area contributed by atoms with E-state index in [0.29, 0.717) is 21.7 Å². The zero-order valence-corrected chi connectivity index (χ0v) is 15.6. The molecule has 0 spiro atoms. The number of carbonyl (C=O) groups is 1. The molecule has 0 heterocycles. The number of amides is 1. The van der Waals surface area contributed by atoms with Crippen LogP contribution in [0.4, 0.5) is 5.69 Å². The predicted molar refractivity (Wildman–Crippen MR) is 95.7 cm³/mol. The van der Waals surface area contributed by atoms with Crippen molar-refractivity contribution in [3.63, 3.8) is 0 Å².